The summed E-state index contributed by atoms with van der Waals surface area (Å²) in [6.45, 7) is 6.11. The smallest absolute Gasteiger partial charge is 0.357 e. The highest BCUT2D eigenvalue weighted by atomic mass is 16.5. The van der Waals surface area contributed by atoms with Crippen LogP contribution in [0.3, 0.4) is 0 Å². The second kappa shape index (κ2) is 4.88. The molecule has 114 valence electrons. The minimum Gasteiger partial charge on any atom is -0.461 e. The van der Waals surface area contributed by atoms with Crippen LogP contribution in [0.4, 0.5) is 5.69 Å². The summed E-state index contributed by atoms with van der Waals surface area (Å²) in [4.78, 5) is 21.4. The van der Waals surface area contributed by atoms with Gasteiger partial charge in [0, 0.05) is 16.7 Å². The minimum atomic E-state index is -0.363. The first-order valence-corrected chi connectivity index (χ1v) is 7.70. The van der Waals surface area contributed by atoms with Gasteiger partial charge in [-0.1, -0.05) is 18.2 Å². The molecule has 0 amide bonds. The minimum absolute atomic E-state index is 0.347. The average molecular weight is 304 g/mol. The van der Waals surface area contributed by atoms with Crippen LogP contribution in [0.15, 0.2) is 46.0 Å². The Morgan fingerprint density at radius 3 is 2.70 bits per heavy atom. The Labute approximate surface area is 133 Å². The van der Waals surface area contributed by atoms with Crippen LogP contribution < -0.4 is 10.7 Å². The van der Waals surface area contributed by atoms with Crippen LogP contribution in [0, 0.1) is 6.92 Å². The third kappa shape index (κ3) is 1.88. The largest absolute Gasteiger partial charge is 0.461 e. The van der Waals surface area contributed by atoms with Crippen molar-refractivity contribution >= 4 is 17.2 Å². The molecular weight excluding hydrogens is 288 g/mol. The van der Waals surface area contributed by atoms with Gasteiger partial charge in [-0.25, -0.2) is 14.8 Å². The summed E-state index contributed by atoms with van der Waals surface area (Å²) in [6.07, 6.45) is 0. The maximum atomic E-state index is 12.1. The normalized spacial score (nSPS) is 13.9. The van der Waals surface area contributed by atoms with Crippen LogP contribution in [0.1, 0.15) is 25.0 Å². The van der Waals surface area contributed by atoms with Crippen molar-refractivity contribution in [2.75, 3.05) is 6.61 Å². The number of rotatable bonds is 2. The molecule has 0 N–H and O–H groups in total. The molecule has 23 heavy (non-hydrogen) atoms. The summed E-state index contributed by atoms with van der Waals surface area (Å²) in [5.41, 5.74) is 6.52. The lowest BCUT2D eigenvalue weighted by Crippen LogP contribution is -2.18. The fraction of sp³-hybridized carbons (Fsp3) is 0.211. The first kappa shape index (κ1) is 13.9. The number of benzene rings is 2. The second-order valence-electron chi connectivity index (χ2n) is 5.73. The number of allylic oxidation sites excluding steroid dienone is 1. The van der Waals surface area contributed by atoms with Crippen LogP contribution in [-0.4, -0.2) is 12.6 Å². The van der Waals surface area contributed by atoms with Gasteiger partial charge in [-0.2, -0.15) is 0 Å². The molecule has 2 aromatic carbocycles. The van der Waals surface area contributed by atoms with Crippen molar-refractivity contribution in [2.45, 2.75) is 20.8 Å². The summed E-state index contributed by atoms with van der Waals surface area (Å²) in [5.74, 6) is -0.363. The third-order valence-electron chi connectivity index (χ3n) is 4.38. The van der Waals surface area contributed by atoms with Gasteiger partial charge in [-0.05, 0) is 44.0 Å². The molecule has 2 aliphatic rings. The van der Waals surface area contributed by atoms with E-state index >= 15 is 0 Å². The molecule has 0 bridgehead atoms. The molecular formula is C19H16N2O2. The molecule has 0 radical (unpaired) electrons. The van der Waals surface area contributed by atoms with Crippen LogP contribution in [0.2, 0.25) is 0 Å². The molecule has 4 rings (SSSR count). The Hall–Kier alpha value is -2.75. The topological polar surface area (TPSA) is 51.0 Å². The number of para-hydroxylation sites is 1. The molecule has 4 nitrogen and oxygen atoms in total. The van der Waals surface area contributed by atoms with Crippen LogP contribution in [-0.2, 0) is 9.53 Å². The van der Waals surface area contributed by atoms with E-state index in [9.17, 15) is 4.79 Å². The second-order valence-corrected chi connectivity index (χ2v) is 5.73. The number of ether oxygens (including phenoxy) is 1. The molecule has 0 unspecified atom stereocenters. The molecule has 0 saturated heterocycles. The van der Waals surface area contributed by atoms with E-state index in [1.54, 1.807) is 6.92 Å². The van der Waals surface area contributed by atoms with Gasteiger partial charge in [0.15, 0.2) is 5.70 Å². The van der Waals surface area contributed by atoms with Gasteiger partial charge in [0.05, 0.1) is 23.0 Å². The number of hydrogen-bond acceptors (Lipinski definition) is 4. The third-order valence-corrected chi connectivity index (χ3v) is 4.38. The van der Waals surface area contributed by atoms with E-state index in [1.165, 1.54) is 0 Å². The number of carbonyl (C=O) groups is 1. The molecule has 4 heteroatoms. The van der Waals surface area contributed by atoms with Gasteiger partial charge in [-0.15, -0.1) is 0 Å². The molecule has 0 atom stereocenters. The van der Waals surface area contributed by atoms with Crippen molar-refractivity contribution in [3.63, 3.8) is 0 Å². The van der Waals surface area contributed by atoms with Gasteiger partial charge in [0.1, 0.15) is 0 Å². The first-order valence-electron chi connectivity index (χ1n) is 7.70. The highest BCUT2D eigenvalue weighted by Crippen LogP contribution is 2.34. The zero-order valence-corrected chi connectivity index (χ0v) is 13.3. The Morgan fingerprint density at radius 2 is 1.91 bits per heavy atom. The molecule has 2 aromatic rings. The number of hydrogen-bond donors (Lipinski definition) is 0. The van der Waals surface area contributed by atoms with Crippen molar-refractivity contribution in [1.29, 1.82) is 0 Å². The predicted molar refractivity (Wildman–Crippen MR) is 87.8 cm³/mol. The van der Waals surface area contributed by atoms with Crippen molar-refractivity contribution < 1.29 is 9.53 Å². The van der Waals surface area contributed by atoms with E-state index in [1.807, 2.05) is 38.1 Å². The summed E-state index contributed by atoms with van der Waals surface area (Å²) >= 11 is 0. The van der Waals surface area contributed by atoms with E-state index < -0.39 is 0 Å². The SMILES string of the molecule is CCOC(=O)C1=C(C)c2c(C)c3c(cc2=N1)-c1ccccc1N=3. The monoisotopic (exact) mass is 304 g/mol. The van der Waals surface area contributed by atoms with E-state index in [-0.39, 0.29) is 5.97 Å². The van der Waals surface area contributed by atoms with E-state index in [0.717, 1.165) is 44.2 Å². The number of esters is 1. The van der Waals surface area contributed by atoms with Gasteiger partial charge in [-0.3, -0.25) is 0 Å². The average Bonchev–Trinajstić information content (AvgIpc) is 3.07. The molecule has 0 spiro atoms. The van der Waals surface area contributed by atoms with Gasteiger partial charge >= 0.3 is 5.97 Å². The summed E-state index contributed by atoms with van der Waals surface area (Å²) in [5, 5.41) is 1.80. The molecule has 0 fully saturated rings. The first-order chi connectivity index (χ1) is 11.1. The number of carbonyl (C=O) groups excluding carboxylic acids is 1. The van der Waals surface area contributed by atoms with E-state index in [2.05, 4.69) is 11.1 Å². The van der Waals surface area contributed by atoms with E-state index in [0.29, 0.717) is 12.3 Å². The fourth-order valence-electron chi connectivity index (χ4n) is 3.34. The maximum absolute atomic E-state index is 12.1. The van der Waals surface area contributed by atoms with Crippen molar-refractivity contribution in [3.8, 4) is 11.1 Å². The number of fused-ring (bicyclic) bond motifs is 4. The van der Waals surface area contributed by atoms with Crippen molar-refractivity contribution in [1.82, 2.24) is 0 Å². The summed E-state index contributed by atoms with van der Waals surface area (Å²) in [6, 6.07) is 10.1. The molecule has 2 heterocycles. The summed E-state index contributed by atoms with van der Waals surface area (Å²) in [7, 11) is 0. The number of nitrogens with zero attached hydrogens (tertiary/aromatic N) is 2. The Balaban J connectivity index is 1.96. The zero-order chi connectivity index (χ0) is 16.1. The Bertz CT molecular complexity index is 1020. The van der Waals surface area contributed by atoms with Crippen molar-refractivity contribution in [2.24, 2.45) is 9.98 Å². The summed E-state index contributed by atoms with van der Waals surface area (Å²) < 4.78 is 5.11. The lowest BCUT2D eigenvalue weighted by molar-refractivity contribution is -0.138. The zero-order valence-electron chi connectivity index (χ0n) is 13.3. The predicted octanol–water partition coefficient (Wildman–Crippen LogP) is 2.85. The fourth-order valence-corrected chi connectivity index (χ4v) is 3.34. The quantitative estimate of drug-likeness (QED) is 0.684. The van der Waals surface area contributed by atoms with Gasteiger partial charge in [0.25, 0.3) is 0 Å². The van der Waals surface area contributed by atoms with Gasteiger partial charge < -0.3 is 4.74 Å². The Kier molecular flexibility index (Phi) is 2.94. The molecule has 0 aliphatic carbocycles. The molecule has 0 aromatic heterocycles. The Morgan fingerprint density at radius 1 is 1.13 bits per heavy atom. The lowest BCUT2D eigenvalue weighted by atomic mass is 9.96. The van der Waals surface area contributed by atoms with Crippen molar-refractivity contribution in [3.05, 3.63) is 57.9 Å². The van der Waals surface area contributed by atoms with E-state index in [4.69, 9.17) is 9.73 Å². The molecule has 0 saturated carbocycles. The highest BCUT2D eigenvalue weighted by molar-refractivity contribution is 5.99. The standard InChI is InChI=1S/C19H16N2O2/c1-4-23-19(22)18-11(3)16-10(2)17-13(9-15(16)21-18)12-7-5-6-8-14(12)20-17/h5-9H,4H2,1-3H3. The van der Waals surface area contributed by atoms with Crippen LogP contribution in [0.25, 0.3) is 16.7 Å². The van der Waals surface area contributed by atoms with Gasteiger partial charge in [0.2, 0.25) is 0 Å². The lowest BCUT2D eigenvalue weighted by Gasteiger charge is -2.05. The maximum Gasteiger partial charge on any atom is 0.357 e. The highest BCUT2D eigenvalue weighted by Gasteiger charge is 2.26. The van der Waals surface area contributed by atoms with Crippen LogP contribution >= 0.6 is 0 Å². The molecule has 2 aliphatic heterocycles. The van der Waals surface area contributed by atoms with Crippen LogP contribution in [0.5, 0.6) is 0 Å².